The van der Waals surface area contributed by atoms with Gasteiger partial charge in [0.05, 0.1) is 4.92 Å². The number of nitrogens with zero attached hydrogens (tertiary/aromatic N) is 5. The smallest absolute Gasteiger partial charge is 0.270 e. The molecule has 1 aromatic heterocycles. The molecule has 11 heteroatoms. The number of carbonyl (C=O) groups is 1. The average molecular weight is 407 g/mol. The molecule has 0 atom stereocenters. The van der Waals surface area contributed by atoms with Gasteiger partial charge in [0.15, 0.2) is 5.03 Å². The number of hydrogen-bond acceptors (Lipinski definition) is 6. The fourth-order valence-electron chi connectivity index (χ4n) is 3.06. The van der Waals surface area contributed by atoms with E-state index in [1.54, 1.807) is 18.5 Å². The van der Waals surface area contributed by atoms with E-state index in [4.69, 9.17) is 0 Å². The van der Waals surface area contributed by atoms with Crippen molar-refractivity contribution in [3.63, 3.8) is 0 Å². The van der Waals surface area contributed by atoms with Crippen LogP contribution in [-0.4, -0.2) is 64.2 Å². The van der Waals surface area contributed by atoms with Gasteiger partial charge in [-0.1, -0.05) is 6.07 Å². The molecule has 1 fully saturated rings. The van der Waals surface area contributed by atoms with Crippen LogP contribution in [0.5, 0.6) is 0 Å². The standard InChI is InChI=1S/C17H21N5O5S/c1-13-18-16(12-19(13)2)28(26,27)21-8-4-7-20(9-10-21)17(23)14-5-3-6-15(11-14)22(24)25/h3,5-6,11-12H,4,7-10H2,1-2H3. The van der Waals surface area contributed by atoms with Crippen molar-refractivity contribution in [3.8, 4) is 0 Å². The van der Waals surface area contributed by atoms with Crippen LogP contribution in [0.3, 0.4) is 0 Å². The van der Waals surface area contributed by atoms with Crippen molar-refractivity contribution in [3.05, 3.63) is 52.0 Å². The first-order chi connectivity index (χ1) is 13.2. The lowest BCUT2D eigenvalue weighted by atomic mass is 10.1. The Morgan fingerprint density at radius 2 is 1.96 bits per heavy atom. The summed E-state index contributed by atoms with van der Waals surface area (Å²) in [4.78, 5) is 28.7. The van der Waals surface area contributed by atoms with Crippen molar-refractivity contribution < 1.29 is 18.1 Å². The Hall–Kier alpha value is -2.79. The number of nitro groups is 1. The summed E-state index contributed by atoms with van der Waals surface area (Å²) in [5.41, 5.74) is 0.0567. The van der Waals surface area contributed by atoms with Crippen molar-refractivity contribution in [2.45, 2.75) is 18.4 Å². The molecule has 2 aromatic rings. The number of aryl methyl sites for hydroxylation is 2. The first kappa shape index (κ1) is 20.0. The van der Waals surface area contributed by atoms with Crippen molar-refractivity contribution in [2.24, 2.45) is 7.05 Å². The van der Waals surface area contributed by atoms with Gasteiger partial charge in [0.25, 0.3) is 21.6 Å². The monoisotopic (exact) mass is 407 g/mol. The number of nitro benzene ring substituents is 1. The van der Waals surface area contributed by atoms with E-state index in [9.17, 15) is 23.3 Å². The lowest BCUT2D eigenvalue weighted by Gasteiger charge is -2.21. The van der Waals surface area contributed by atoms with Gasteiger partial charge in [-0.25, -0.2) is 13.4 Å². The molecular formula is C17H21N5O5S. The topological polar surface area (TPSA) is 119 Å². The minimum atomic E-state index is -3.74. The third kappa shape index (κ3) is 3.90. The Bertz CT molecular complexity index is 997. The van der Waals surface area contributed by atoms with Crippen LogP contribution in [0, 0.1) is 17.0 Å². The number of sulfonamides is 1. The first-order valence-corrected chi connectivity index (χ1v) is 10.2. The molecule has 28 heavy (non-hydrogen) atoms. The van der Waals surface area contributed by atoms with E-state index in [-0.39, 0.29) is 41.8 Å². The maximum absolute atomic E-state index is 12.8. The predicted molar refractivity (Wildman–Crippen MR) is 100 cm³/mol. The molecule has 2 heterocycles. The van der Waals surface area contributed by atoms with Crippen LogP contribution in [0.25, 0.3) is 0 Å². The highest BCUT2D eigenvalue weighted by Gasteiger charge is 2.30. The summed E-state index contributed by atoms with van der Waals surface area (Å²) in [7, 11) is -2.02. The van der Waals surface area contributed by atoms with Crippen LogP contribution < -0.4 is 0 Å². The van der Waals surface area contributed by atoms with Crippen LogP contribution in [0.4, 0.5) is 5.69 Å². The number of carbonyl (C=O) groups excluding carboxylic acids is 1. The molecule has 10 nitrogen and oxygen atoms in total. The lowest BCUT2D eigenvalue weighted by molar-refractivity contribution is -0.384. The molecule has 1 saturated heterocycles. The SMILES string of the molecule is Cc1nc(S(=O)(=O)N2CCCN(C(=O)c3cccc([N+](=O)[O-])c3)CC2)cn1C. The van der Waals surface area contributed by atoms with Gasteiger partial charge in [-0.05, 0) is 19.4 Å². The molecule has 0 radical (unpaired) electrons. The molecule has 1 amide bonds. The maximum Gasteiger partial charge on any atom is 0.270 e. The third-order valence-corrected chi connectivity index (χ3v) is 6.51. The molecule has 0 aliphatic carbocycles. The van der Waals surface area contributed by atoms with Gasteiger partial charge < -0.3 is 9.47 Å². The number of hydrogen-bond donors (Lipinski definition) is 0. The van der Waals surface area contributed by atoms with E-state index in [1.165, 1.54) is 39.7 Å². The highest BCUT2D eigenvalue weighted by molar-refractivity contribution is 7.89. The normalized spacial score (nSPS) is 16.0. The number of non-ortho nitro benzene ring substituents is 1. The largest absolute Gasteiger partial charge is 0.337 e. The quantitative estimate of drug-likeness (QED) is 0.554. The van der Waals surface area contributed by atoms with E-state index in [0.29, 0.717) is 18.8 Å². The van der Waals surface area contributed by atoms with Gasteiger partial charge >= 0.3 is 0 Å². The molecule has 0 N–H and O–H groups in total. The molecule has 150 valence electrons. The molecule has 0 saturated carbocycles. The van der Waals surface area contributed by atoms with Gasteiger partial charge in [-0.2, -0.15) is 4.31 Å². The van der Waals surface area contributed by atoms with Crippen molar-refractivity contribution in [1.82, 2.24) is 18.8 Å². The van der Waals surface area contributed by atoms with E-state index < -0.39 is 14.9 Å². The van der Waals surface area contributed by atoms with Crippen molar-refractivity contribution in [1.29, 1.82) is 0 Å². The summed E-state index contributed by atoms with van der Waals surface area (Å²) >= 11 is 0. The Morgan fingerprint density at radius 1 is 1.21 bits per heavy atom. The number of rotatable bonds is 4. The molecule has 0 bridgehead atoms. The zero-order valence-electron chi connectivity index (χ0n) is 15.6. The number of benzene rings is 1. The first-order valence-electron chi connectivity index (χ1n) is 8.74. The van der Waals surface area contributed by atoms with Crippen LogP contribution in [0.2, 0.25) is 0 Å². The number of aromatic nitrogens is 2. The van der Waals surface area contributed by atoms with Crippen LogP contribution in [0.1, 0.15) is 22.6 Å². The van der Waals surface area contributed by atoms with Crippen LogP contribution in [0.15, 0.2) is 35.5 Å². The van der Waals surface area contributed by atoms with Gasteiger partial charge in [0, 0.05) is 57.1 Å². The lowest BCUT2D eigenvalue weighted by Crippen LogP contribution is -2.37. The molecule has 1 aliphatic heterocycles. The molecule has 0 unspecified atom stereocenters. The minimum absolute atomic E-state index is 0.00837. The Morgan fingerprint density at radius 3 is 2.61 bits per heavy atom. The van der Waals surface area contributed by atoms with Gasteiger partial charge in [0.2, 0.25) is 0 Å². The van der Waals surface area contributed by atoms with Gasteiger partial charge in [-0.15, -0.1) is 0 Å². The highest BCUT2D eigenvalue weighted by Crippen LogP contribution is 2.19. The number of amides is 1. The van der Waals surface area contributed by atoms with Crippen LogP contribution in [-0.2, 0) is 17.1 Å². The van der Waals surface area contributed by atoms with Gasteiger partial charge in [0.1, 0.15) is 5.82 Å². The molecule has 3 rings (SSSR count). The van der Waals surface area contributed by atoms with E-state index in [1.807, 2.05) is 0 Å². The predicted octanol–water partition coefficient (Wildman–Crippen LogP) is 1.17. The second-order valence-electron chi connectivity index (χ2n) is 6.59. The van der Waals surface area contributed by atoms with E-state index in [2.05, 4.69) is 4.98 Å². The maximum atomic E-state index is 12.8. The summed E-state index contributed by atoms with van der Waals surface area (Å²) in [6.45, 7) is 2.71. The summed E-state index contributed by atoms with van der Waals surface area (Å²) < 4.78 is 28.7. The van der Waals surface area contributed by atoms with Gasteiger partial charge in [-0.3, -0.25) is 14.9 Å². The fraction of sp³-hybridized carbons (Fsp3) is 0.412. The molecule has 1 aromatic carbocycles. The van der Waals surface area contributed by atoms with Crippen molar-refractivity contribution in [2.75, 3.05) is 26.2 Å². The molecule has 1 aliphatic rings. The van der Waals surface area contributed by atoms with Crippen molar-refractivity contribution >= 4 is 21.6 Å². The van der Waals surface area contributed by atoms with E-state index in [0.717, 1.165) is 0 Å². The summed E-state index contributed by atoms with van der Waals surface area (Å²) in [6.07, 6.45) is 1.94. The second kappa shape index (κ2) is 7.68. The summed E-state index contributed by atoms with van der Waals surface area (Å²) in [6, 6.07) is 5.54. The zero-order valence-corrected chi connectivity index (χ0v) is 16.4. The van der Waals surface area contributed by atoms with Crippen LogP contribution >= 0.6 is 0 Å². The number of imidazole rings is 1. The Kier molecular flexibility index (Phi) is 5.47. The minimum Gasteiger partial charge on any atom is -0.337 e. The second-order valence-corrected chi connectivity index (χ2v) is 8.48. The highest BCUT2D eigenvalue weighted by atomic mass is 32.2. The third-order valence-electron chi connectivity index (χ3n) is 4.74. The Labute approximate surface area is 162 Å². The average Bonchev–Trinajstić information content (AvgIpc) is 2.87. The molecular weight excluding hydrogens is 386 g/mol. The molecule has 0 spiro atoms. The Balaban J connectivity index is 1.75. The fourth-order valence-corrected chi connectivity index (χ4v) is 4.55. The van der Waals surface area contributed by atoms with E-state index >= 15 is 0 Å². The zero-order chi connectivity index (χ0) is 20.5. The summed E-state index contributed by atoms with van der Waals surface area (Å²) in [5.74, 6) is 0.243. The summed E-state index contributed by atoms with van der Waals surface area (Å²) in [5, 5.41) is 10.9.